The number of hydrogen-bond acceptors (Lipinski definition) is 5. The van der Waals surface area contributed by atoms with E-state index in [0.29, 0.717) is 23.3 Å². The highest BCUT2D eigenvalue weighted by atomic mass is 15.0. The molecule has 0 amide bonds. The van der Waals surface area contributed by atoms with E-state index in [0.717, 1.165) is 78.1 Å². The SMILES string of the molecule is c1ccc(-c2cc(-c3ccc(-c4cccc(-c5nc(-c6ccccc6)nc(-c6ccccc6)n5)c4)cc3)nc(-c3ccc(-c4ccccc4)c(-c4ccccc4)c3)n2)cc1. The number of benzene rings is 8. The normalized spacial score (nSPS) is 11.0. The quantitative estimate of drug-likeness (QED) is 0.146. The van der Waals surface area contributed by atoms with E-state index in [1.165, 1.54) is 0 Å². The van der Waals surface area contributed by atoms with Gasteiger partial charge in [0.15, 0.2) is 23.3 Å². The topological polar surface area (TPSA) is 64.5 Å². The van der Waals surface area contributed by atoms with E-state index in [9.17, 15) is 0 Å². The van der Waals surface area contributed by atoms with Crippen LogP contribution in [0, 0.1) is 0 Å². The predicted molar refractivity (Wildman–Crippen MR) is 244 cm³/mol. The van der Waals surface area contributed by atoms with Gasteiger partial charge < -0.3 is 0 Å². The van der Waals surface area contributed by atoms with Crippen molar-refractivity contribution in [2.24, 2.45) is 0 Å². The fourth-order valence-corrected chi connectivity index (χ4v) is 7.50. The summed E-state index contributed by atoms with van der Waals surface area (Å²) in [5, 5.41) is 0. The van der Waals surface area contributed by atoms with Gasteiger partial charge in [-0.25, -0.2) is 24.9 Å². The van der Waals surface area contributed by atoms with Crippen LogP contribution >= 0.6 is 0 Å². The Morgan fingerprint density at radius 1 is 0.183 bits per heavy atom. The van der Waals surface area contributed by atoms with Crippen molar-refractivity contribution in [1.82, 2.24) is 24.9 Å². The zero-order valence-corrected chi connectivity index (χ0v) is 32.6. The minimum Gasteiger partial charge on any atom is -0.228 e. The molecule has 0 aliphatic heterocycles. The molecule has 8 aromatic carbocycles. The molecule has 2 heterocycles. The highest BCUT2D eigenvalue weighted by Crippen LogP contribution is 2.37. The van der Waals surface area contributed by atoms with Crippen LogP contribution in [0.15, 0.2) is 224 Å². The van der Waals surface area contributed by atoms with Crippen molar-refractivity contribution in [3.8, 4) is 101 Å². The van der Waals surface area contributed by atoms with Gasteiger partial charge in [-0.3, -0.25) is 0 Å². The minimum atomic E-state index is 0.621. The van der Waals surface area contributed by atoms with E-state index in [4.69, 9.17) is 24.9 Å². The van der Waals surface area contributed by atoms with Crippen molar-refractivity contribution in [3.63, 3.8) is 0 Å². The summed E-state index contributed by atoms with van der Waals surface area (Å²) in [4.78, 5) is 25.2. The number of hydrogen-bond donors (Lipinski definition) is 0. The molecule has 0 spiro atoms. The lowest BCUT2D eigenvalue weighted by molar-refractivity contribution is 1.07. The fraction of sp³-hybridized carbons (Fsp3) is 0. The van der Waals surface area contributed by atoms with Crippen LogP contribution in [-0.4, -0.2) is 24.9 Å². The lowest BCUT2D eigenvalue weighted by Gasteiger charge is -2.14. The molecule has 0 N–H and O–H groups in total. The Balaban J connectivity index is 1.02. The third-order valence-electron chi connectivity index (χ3n) is 10.6. The first kappa shape index (κ1) is 36.2. The summed E-state index contributed by atoms with van der Waals surface area (Å²) in [6.07, 6.45) is 0. The Kier molecular flexibility index (Phi) is 9.88. The number of aromatic nitrogens is 5. The molecule has 10 rings (SSSR count). The second-order valence-electron chi connectivity index (χ2n) is 14.5. The molecule has 0 saturated carbocycles. The first-order valence-corrected chi connectivity index (χ1v) is 20.0. The van der Waals surface area contributed by atoms with Crippen LogP contribution in [0.25, 0.3) is 101 Å². The monoisotopic (exact) mass is 767 g/mol. The maximum Gasteiger partial charge on any atom is 0.164 e. The molecule has 60 heavy (non-hydrogen) atoms. The fourth-order valence-electron chi connectivity index (χ4n) is 7.50. The predicted octanol–water partition coefficient (Wildman–Crippen LogP) is 13.7. The van der Waals surface area contributed by atoms with E-state index in [1.54, 1.807) is 0 Å². The molecule has 10 aromatic rings. The molecule has 5 nitrogen and oxygen atoms in total. The molecule has 0 radical (unpaired) electrons. The van der Waals surface area contributed by atoms with Crippen molar-refractivity contribution in [2.45, 2.75) is 0 Å². The van der Waals surface area contributed by atoms with Crippen molar-refractivity contribution >= 4 is 0 Å². The molecular weight excluding hydrogens is 731 g/mol. The van der Waals surface area contributed by atoms with Crippen LogP contribution in [0.3, 0.4) is 0 Å². The molecule has 0 saturated heterocycles. The molecule has 0 aliphatic rings. The number of rotatable bonds is 9. The summed E-state index contributed by atoms with van der Waals surface area (Å²) < 4.78 is 0. The zero-order valence-electron chi connectivity index (χ0n) is 32.6. The standard InChI is InChI=1S/C55H37N5/c1-6-17-39(18-7-1)48-34-33-47(36-49(48)40-19-8-2-9-20-40)54-56-50(41-21-10-3-11-22-41)37-51(57-54)42-31-29-38(30-32-42)45-27-16-28-46(35-45)55-59-52(43-23-12-4-13-24-43)58-53(60-55)44-25-14-5-15-26-44/h1-37H. The van der Waals surface area contributed by atoms with Gasteiger partial charge in [0.25, 0.3) is 0 Å². The summed E-state index contributed by atoms with van der Waals surface area (Å²) >= 11 is 0. The second kappa shape index (κ2) is 16.4. The van der Waals surface area contributed by atoms with Crippen LogP contribution in [-0.2, 0) is 0 Å². The molecule has 2 aromatic heterocycles. The van der Waals surface area contributed by atoms with Gasteiger partial charge >= 0.3 is 0 Å². The average Bonchev–Trinajstić information content (AvgIpc) is 3.35. The van der Waals surface area contributed by atoms with Crippen LogP contribution in [0.2, 0.25) is 0 Å². The summed E-state index contributed by atoms with van der Waals surface area (Å²) in [6.45, 7) is 0. The highest BCUT2D eigenvalue weighted by molar-refractivity contribution is 5.87. The maximum atomic E-state index is 5.23. The first-order chi connectivity index (χ1) is 29.7. The van der Waals surface area contributed by atoms with E-state index in [-0.39, 0.29) is 0 Å². The average molecular weight is 768 g/mol. The van der Waals surface area contributed by atoms with Crippen LogP contribution < -0.4 is 0 Å². The summed E-state index contributed by atoms with van der Waals surface area (Å²) in [5.41, 5.74) is 14.2. The summed E-state index contributed by atoms with van der Waals surface area (Å²) in [7, 11) is 0. The molecule has 0 bridgehead atoms. The maximum absolute atomic E-state index is 5.23. The van der Waals surface area contributed by atoms with E-state index in [1.807, 2.05) is 78.9 Å². The first-order valence-electron chi connectivity index (χ1n) is 20.0. The van der Waals surface area contributed by atoms with Crippen LogP contribution in [0.5, 0.6) is 0 Å². The molecule has 0 aliphatic carbocycles. The Morgan fingerprint density at radius 2 is 0.533 bits per heavy atom. The van der Waals surface area contributed by atoms with Crippen molar-refractivity contribution in [2.75, 3.05) is 0 Å². The molecular formula is C55H37N5. The van der Waals surface area contributed by atoms with Gasteiger partial charge in [0.1, 0.15) is 0 Å². The molecule has 0 atom stereocenters. The second-order valence-corrected chi connectivity index (χ2v) is 14.5. The Morgan fingerprint density at radius 3 is 1.07 bits per heavy atom. The summed E-state index contributed by atoms with van der Waals surface area (Å²) in [6, 6.07) is 77.1. The van der Waals surface area contributed by atoms with Gasteiger partial charge in [-0.1, -0.05) is 206 Å². The van der Waals surface area contributed by atoms with Gasteiger partial charge in [0, 0.05) is 33.4 Å². The van der Waals surface area contributed by atoms with Gasteiger partial charge in [-0.15, -0.1) is 0 Å². The Bertz CT molecular complexity index is 2990. The highest BCUT2D eigenvalue weighted by Gasteiger charge is 2.16. The third-order valence-corrected chi connectivity index (χ3v) is 10.6. The van der Waals surface area contributed by atoms with Gasteiger partial charge in [0.05, 0.1) is 11.4 Å². The van der Waals surface area contributed by atoms with Gasteiger partial charge in [-0.2, -0.15) is 0 Å². The molecule has 5 heteroatoms. The van der Waals surface area contributed by atoms with E-state index in [2.05, 4.69) is 146 Å². The van der Waals surface area contributed by atoms with Crippen LogP contribution in [0.4, 0.5) is 0 Å². The smallest absolute Gasteiger partial charge is 0.164 e. The zero-order chi connectivity index (χ0) is 40.1. The van der Waals surface area contributed by atoms with E-state index >= 15 is 0 Å². The largest absolute Gasteiger partial charge is 0.228 e. The van der Waals surface area contributed by atoms with Crippen molar-refractivity contribution in [3.05, 3.63) is 224 Å². The van der Waals surface area contributed by atoms with Crippen molar-refractivity contribution in [1.29, 1.82) is 0 Å². The lowest BCUT2D eigenvalue weighted by Crippen LogP contribution is -2.00. The van der Waals surface area contributed by atoms with Crippen molar-refractivity contribution < 1.29 is 0 Å². The van der Waals surface area contributed by atoms with Crippen LogP contribution in [0.1, 0.15) is 0 Å². The molecule has 282 valence electrons. The Labute approximate surface area is 349 Å². The third kappa shape index (κ3) is 7.63. The van der Waals surface area contributed by atoms with E-state index < -0.39 is 0 Å². The van der Waals surface area contributed by atoms with Gasteiger partial charge in [0.2, 0.25) is 0 Å². The molecule has 0 unspecified atom stereocenters. The summed E-state index contributed by atoms with van der Waals surface area (Å²) in [5.74, 6) is 2.56. The number of nitrogens with zero attached hydrogens (tertiary/aromatic N) is 5. The molecule has 0 fully saturated rings. The lowest BCUT2D eigenvalue weighted by atomic mass is 9.92. The van der Waals surface area contributed by atoms with Gasteiger partial charge in [-0.05, 0) is 51.6 Å². The minimum absolute atomic E-state index is 0.621. The Hall–Kier alpha value is -8.15.